The van der Waals surface area contributed by atoms with Crippen molar-refractivity contribution in [1.29, 1.82) is 0 Å². The molecule has 0 saturated heterocycles. The van der Waals surface area contributed by atoms with E-state index in [0.29, 0.717) is 12.8 Å². The third-order valence-electron chi connectivity index (χ3n) is 4.12. The minimum absolute atomic E-state index is 0.115. The van der Waals surface area contributed by atoms with Gasteiger partial charge in [0.25, 0.3) is 5.91 Å². The molecule has 0 saturated carbocycles. The SMILES string of the molecule is CCCCC(=O)Nn1nc(C(N)=O)c2c1-c1ccccc1CC2. The van der Waals surface area contributed by atoms with Gasteiger partial charge in [-0.15, -0.1) is 5.10 Å². The molecule has 3 rings (SSSR count). The zero-order valence-electron chi connectivity index (χ0n) is 13.1. The van der Waals surface area contributed by atoms with Gasteiger partial charge in [0.05, 0.1) is 5.69 Å². The molecule has 0 fully saturated rings. The van der Waals surface area contributed by atoms with E-state index in [9.17, 15) is 9.59 Å². The third kappa shape index (κ3) is 2.84. The molecule has 6 nitrogen and oxygen atoms in total. The summed E-state index contributed by atoms with van der Waals surface area (Å²) in [5.74, 6) is -0.682. The van der Waals surface area contributed by atoms with Crippen LogP contribution in [0.3, 0.4) is 0 Å². The van der Waals surface area contributed by atoms with Crippen LogP contribution >= 0.6 is 0 Å². The molecule has 0 radical (unpaired) electrons. The number of primary amides is 1. The van der Waals surface area contributed by atoms with Crippen molar-refractivity contribution in [2.45, 2.75) is 39.0 Å². The lowest BCUT2D eigenvalue weighted by atomic mass is 9.89. The first-order valence-corrected chi connectivity index (χ1v) is 7.91. The van der Waals surface area contributed by atoms with Gasteiger partial charge in [0.2, 0.25) is 5.91 Å². The van der Waals surface area contributed by atoms with Crippen LogP contribution in [0.5, 0.6) is 0 Å². The first-order chi connectivity index (χ1) is 11.1. The van der Waals surface area contributed by atoms with Gasteiger partial charge in [-0.05, 0) is 24.8 Å². The third-order valence-corrected chi connectivity index (χ3v) is 4.12. The van der Waals surface area contributed by atoms with E-state index in [4.69, 9.17) is 5.73 Å². The van der Waals surface area contributed by atoms with Crippen LogP contribution < -0.4 is 11.2 Å². The summed E-state index contributed by atoms with van der Waals surface area (Å²) >= 11 is 0. The number of benzene rings is 1. The Morgan fingerprint density at radius 3 is 2.83 bits per heavy atom. The Morgan fingerprint density at radius 2 is 2.09 bits per heavy atom. The maximum atomic E-state index is 12.1. The number of hydrogen-bond donors (Lipinski definition) is 2. The van der Waals surface area contributed by atoms with Gasteiger partial charge in [0.15, 0.2) is 5.69 Å². The summed E-state index contributed by atoms with van der Waals surface area (Å²) in [4.78, 5) is 25.2. The lowest BCUT2D eigenvalue weighted by molar-refractivity contribution is -0.117. The molecule has 0 atom stereocenters. The summed E-state index contributed by atoms with van der Waals surface area (Å²) in [5.41, 5.74) is 12.2. The summed E-state index contributed by atoms with van der Waals surface area (Å²) in [6, 6.07) is 7.96. The van der Waals surface area contributed by atoms with E-state index >= 15 is 0 Å². The largest absolute Gasteiger partial charge is 0.364 e. The van der Waals surface area contributed by atoms with Crippen LogP contribution in [0.4, 0.5) is 0 Å². The number of rotatable bonds is 5. The maximum absolute atomic E-state index is 12.1. The first-order valence-electron chi connectivity index (χ1n) is 7.91. The second-order valence-electron chi connectivity index (χ2n) is 5.75. The van der Waals surface area contributed by atoms with Crippen molar-refractivity contribution in [2.75, 3.05) is 5.43 Å². The smallest absolute Gasteiger partial charge is 0.269 e. The number of amides is 2. The van der Waals surface area contributed by atoms with Crippen molar-refractivity contribution in [3.63, 3.8) is 0 Å². The first kappa shape index (κ1) is 15.3. The average Bonchev–Trinajstić information content (AvgIpc) is 2.92. The van der Waals surface area contributed by atoms with Crippen LogP contribution in [-0.2, 0) is 17.6 Å². The maximum Gasteiger partial charge on any atom is 0.269 e. The van der Waals surface area contributed by atoms with Crippen molar-refractivity contribution < 1.29 is 9.59 Å². The fourth-order valence-electron chi connectivity index (χ4n) is 2.98. The summed E-state index contributed by atoms with van der Waals surface area (Å²) in [5, 5.41) is 4.25. The Hall–Kier alpha value is -2.63. The predicted octanol–water partition coefficient (Wildman–Crippen LogP) is 2.01. The quantitative estimate of drug-likeness (QED) is 0.885. The number of nitrogens with one attached hydrogen (secondary N) is 1. The number of aromatic nitrogens is 2. The normalized spacial score (nSPS) is 12.4. The topological polar surface area (TPSA) is 90.0 Å². The van der Waals surface area contributed by atoms with E-state index in [1.165, 1.54) is 10.4 Å². The Labute approximate surface area is 134 Å². The summed E-state index contributed by atoms with van der Waals surface area (Å²) < 4.78 is 0. The van der Waals surface area contributed by atoms with Gasteiger partial charge in [-0.3, -0.25) is 9.59 Å². The molecule has 3 N–H and O–H groups in total. The number of carbonyl (C=O) groups is 2. The highest BCUT2D eigenvalue weighted by Gasteiger charge is 2.27. The van der Waals surface area contributed by atoms with Crippen LogP contribution in [0.2, 0.25) is 0 Å². The number of hydrogen-bond acceptors (Lipinski definition) is 3. The fraction of sp³-hybridized carbons (Fsp3) is 0.353. The highest BCUT2D eigenvalue weighted by molar-refractivity contribution is 5.95. The molecule has 1 aliphatic rings. The van der Waals surface area contributed by atoms with E-state index < -0.39 is 5.91 Å². The molecule has 0 aliphatic heterocycles. The zero-order valence-corrected chi connectivity index (χ0v) is 13.1. The number of nitrogens with zero attached hydrogens (tertiary/aromatic N) is 2. The lowest BCUT2D eigenvalue weighted by Gasteiger charge is -2.18. The van der Waals surface area contributed by atoms with Gasteiger partial charge < -0.3 is 5.73 Å². The van der Waals surface area contributed by atoms with E-state index in [1.54, 1.807) is 0 Å². The summed E-state index contributed by atoms with van der Waals surface area (Å²) in [6.07, 6.45) is 3.71. The Morgan fingerprint density at radius 1 is 1.30 bits per heavy atom. The Balaban J connectivity index is 2.04. The van der Waals surface area contributed by atoms with Crippen molar-refractivity contribution in [3.8, 4) is 11.3 Å². The van der Waals surface area contributed by atoms with Crippen molar-refractivity contribution in [3.05, 3.63) is 41.1 Å². The molecule has 23 heavy (non-hydrogen) atoms. The van der Waals surface area contributed by atoms with Gasteiger partial charge in [-0.1, -0.05) is 37.6 Å². The second-order valence-corrected chi connectivity index (χ2v) is 5.75. The minimum atomic E-state index is -0.567. The number of nitrogens with two attached hydrogens (primary N) is 1. The Kier molecular flexibility index (Phi) is 4.14. The molecule has 6 heteroatoms. The molecular formula is C17H20N4O2. The predicted molar refractivity (Wildman–Crippen MR) is 87.5 cm³/mol. The summed E-state index contributed by atoms with van der Waals surface area (Å²) in [7, 11) is 0. The van der Waals surface area contributed by atoms with Gasteiger partial charge in [0.1, 0.15) is 0 Å². The summed E-state index contributed by atoms with van der Waals surface area (Å²) in [6.45, 7) is 2.03. The van der Waals surface area contributed by atoms with Gasteiger partial charge >= 0.3 is 0 Å². The van der Waals surface area contributed by atoms with Gasteiger partial charge in [-0.2, -0.15) is 4.79 Å². The number of carbonyl (C=O) groups excluding carboxylic acids is 2. The van der Waals surface area contributed by atoms with E-state index in [-0.39, 0.29) is 11.6 Å². The van der Waals surface area contributed by atoms with Crippen molar-refractivity contribution in [2.24, 2.45) is 5.73 Å². The Bertz CT molecular complexity index is 764. The molecule has 1 aliphatic carbocycles. The molecule has 0 spiro atoms. The molecule has 0 bridgehead atoms. The molecule has 2 amide bonds. The zero-order chi connectivity index (χ0) is 16.4. The number of fused-ring (bicyclic) bond motifs is 3. The molecule has 0 unspecified atom stereocenters. The molecule has 2 aromatic rings. The monoisotopic (exact) mass is 312 g/mol. The van der Waals surface area contributed by atoms with Crippen LogP contribution in [0.1, 0.15) is 47.8 Å². The van der Waals surface area contributed by atoms with Crippen molar-refractivity contribution in [1.82, 2.24) is 9.89 Å². The molecule has 120 valence electrons. The second kappa shape index (κ2) is 6.24. The average molecular weight is 312 g/mol. The van der Waals surface area contributed by atoms with Crippen LogP contribution in [0.15, 0.2) is 24.3 Å². The molecule has 1 heterocycles. The number of aryl methyl sites for hydroxylation is 1. The van der Waals surface area contributed by atoms with E-state index in [1.807, 2.05) is 25.1 Å². The standard InChI is InChI=1S/C17H20N4O2/c1-2-3-8-14(22)19-21-16-12-7-5-4-6-11(12)9-10-13(16)15(20-21)17(18)23/h4-7H,2-3,8-10H2,1H3,(H2,18,23)(H,19,22). The van der Waals surface area contributed by atoms with Crippen molar-refractivity contribution >= 4 is 11.8 Å². The lowest BCUT2D eigenvalue weighted by Crippen LogP contribution is -2.25. The van der Waals surface area contributed by atoms with Crippen LogP contribution in [0.25, 0.3) is 11.3 Å². The van der Waals surface area contributed by atoms with Crippen LogP contribution in [-0.4, -0.2) is 21.7 Å². The molecular weight excluding hydrogens is 292 g/mol. The van der Waals surface area contributed by atoms with Gasteiger partial charge in [0, 0.05) is 17.5 Å². The van der Waals surface area contributed by atoms with Gasteiger partial charge in [-0.25, -0.2) is 5.43 Å². The molecule has 1 aromatic carbocycles. The highest BCUT2D eigenvalue weighted by atomic mass is 16.2. The van der Waals surface area contributed by atoms with E-state index in [2.05, 4.69) is 16.6 Å². The van der Waals surface area contributed by atoms with E-state index in [0.717, 1.165) is 36.1 Å². The fourth-order valence-corrected chi connectivity index (χ4v) is 2.98. The highest BCUT2D eigenvalue weighted by Crippen LogP contribution is 2.34. The minimum Gasteiger partial charge on any atom is -0.364 e. The number of unbranched alkanes of at least 4 members (excludes halogenated alkanes) is 1. The molecule has 1 aromatic heterocycles. The van der Waals surface area contributed by atoms with Crippen LogP contribution in [0, 0.1) is 0 Å².